The van der Waals surface area contributed by atoms with E-state index in [9.17, 15) is 19.8 Å². The number of carbonyl (C=O) groups is 2. The lowest BCUT2D eigenvalue weighted by molar-refractivity contribution is -0.143. The molecule has 0 rings (SSSR count). The van der Waals surface area contributed by atoms with Crippen LogP contribution in [0.15, 0.2) is 24.3 Å². The number of aliphatic hydroxyl groups is 2. The number of carbonyl (C=O) groups excluding carboxylic acids is 2. The zero-order valence-corrected chi connectivity index (χ0v) is 54.3. The summed E-state index contributed by atoms with van der Waals surface area (Å²) in [5, 5.41) is 23.3. The largest absolute Gasteiger partial charge is 0.466 e. The molecule has 0 fully saturated rings. The highest BCUT2D eigenvalue weighted by molar-refractivity contribution is 5.76. The van der Waals surface area contributed by atoms with Crippen molar-refractivity contribution in [2.24, 2.45) is 0 Å². The SMILES string of the molecule is CCCCCCCCC/C=C\CCCCCCCC(=O)OCCCCCCCCCCCCCC/C=C\CCCCCCCCCCCCCCCCCCCC(=O)NC(CO)C(O)CCCCCCCCCCCCCCCC. The maximum Gasteiger partial charge on any atom is 0.305 e. The Kier molecular flexibility index (Phi) is 68.4. The number of esters is 1. The van der Waals surface area contributed by atoms with Crippen LogP contribution in [0.25, 0.3) is 0 Å². The third-order valence-corrected chi connectivity index (χ3v) is 17.2. The van der Waals surface area contributed by atoms with Gasteiger partial charge < -0.3 is 20.3 Å². The molecule has 2 unspecified atom stereocenters. The van der Waals surface area contributed by atoms with Gasteiger partial charge in [0, 0.05) is 12.8 Å². The molecule has 0 saturated carbocycles. The Balaban J connectivity index is 3.33. The van der Waals surface area contributed by atoms with Gasteiger partial charge in [-0.15, -0.1) is 0 Å². The lowest BCUT2D eigenvalue weighted by Gasteiger charge is -2.22. The maximum absolute atomic E-state index is 12.5. The fourth-order valence-electron chi connectivity index (χ4n) is 11.6. The van der Waals surface area contributed by atoms with Crippen molar-refractivity contribution in [3.05, 3.63) is 24.3 Å². The Morgan fingerprint density at radius 1 is 0.338 bits per heavy atom. The molecule has 2 atom stereocenters. The van der Waals surface area contributed by atoms with E-state index in [1.165, 1.54) is 334 Å². The Labute approximate surface area is 501 Å². The second-order valence-corrected chi connectivity index (χ2v) is 25.3. The molecule has 0 saturated heterocycles. The minimum atomic E-state index is -0.661. The molecule has 1 amide bonds. The van der Waals surface area contributed by atoms with Gasteiger partial charge in [-0.05, 0) is 77.0 Å². The zero-order chi connectivity index (χ0) is 57.8. The molecule has 0 aliphatic rings. The van der Waals surface area contributed by atoms with Crippen LogP contribution in [0.5, 0.6) is 0 Å². The van der Waals surface area contributed by atoms with E-state index in [0.29, 0.717) is 25.9 Å². The number of aliphatic hydroxyl groups excluding tert-OH is 2. The number of hydrogen-bond donors (Lipinski definition) is 3. The van der Waals surface area contributed by atoms with Gasteiger partial charge in [-0.3, -0.25) is 9.59 Å². The molecule has 0 aromatic carbocycles. The van der Waals surface area contributed by atoms with Crippen molar-refractivity contribution in [3.8, 4) is 0 Å². The minimum Gasteiger partial charge on any atom is -0.466 e. The fraction of sp³-hybridized carbons (Fsp3) is 0.919. The maximum atomic E-state index is 12.5. The predicted octanol–water partition coefficient (Wildman–Crippen LogP) is 23.7. The first-order valence-electron chi connectivity index (χ1n) is 36.6. The van der Waals surface area contributed by atoms with Crippen LogP contribution in [0.2, 0.25) is 0 Å². The van der Waals surface area contributed by atoms with E-state index in [4.69, 9.17) is 4.74 Å². The van der Waals surface area contributed by atoms with Gasteiger partial charge in [-0.25, -0.2) is 0 Å². The lowest BCUT2D eigenvalue weighted by atomic mass is 10.0. The van der Waals surface area contributed by atoms with Crippen LogP contribution >= 0.6 is 0 Å². The van der Waals surface area contributed by atoms with Crippen molar-refractivity contribution in [1.29, 1.82) is 0 Å². The van der Waals surface area contributed by atoms with Crippen molar-refractivity contribution in [2.45, 2.75) is 424 Å². The number of amides is 1. The van der Waals surface area contributed by atoms with Crippen LogP contribution in [0.1, 0.15) is 412 Å². The number of hydrogen-bond acceptors (Lipinski definition) is 5. The summed E-state index contributed by atoms with van der Waals surface area (Å²) in [6.07, 6.45) is 88.2. The summed E-state index contributed by atoms with van der Waals surface area (Å²) in [7, 11) is 0. The van der Waals surface area contributed by atoms with Crippen molar-refractivity contribution < 1.29 is 24.5 Å². The molecular weight excluding hydrogens is 983 g/mol. The number of unbranched alkanes of at least 4 members (excludes halogenated alkanes) is 54. The molecule has 0 aliphatic carbocycles. The van der Waals surface area contributed by atoms with Crippen LogP contribution in [-0.4, -0.2) is 47.4 Å². The Morgan fingerprint density at radius 3 is 0.887 bits per heavy atom. The van der Waals surface area contributed by atoms with E-state index >= 15 is 0 Å². The van der Waals surface area contributed by atoms with Gasteiger partial charge in [-0.1, -0.05) is 346 Å². The van der Waals surface area contributed by atoms with Gasteiger partial charge in [0.25, 0.3) is 0 Å². The van der Waals surface area contributed by atoms with Crippen molar-refractivity contribution in [3.63, 3.8) is 0 Å². The molecule has 0 radical (unpaired) electrons. The van der Waals surface area contributed by atoms with Crippen molar-refractivity contribution in [1.82, 2.24) is 5.32 Å². The van der Waals surface area contributed by atoms with E-state index in [1.54, 1.807) is 0 Å². The second-order valence-electron chi connectivity index (χ2n) is 25.3. The van der Waals surface area contributed by atoms with Gasteiger partial charge in [0.05, 0.1) is 25.4 Å². The lowest BCUT2D eigenvalue weighted by Crippen LogP contribution is -2.45. The predicted molar refractivity (Wildman–Crippen MR) is 352 cm³/mol. The molecule has 80 heavy (non-hydrogen) atoms. The first-order valence-corrected chi connectivity index (χ1v) is 36.6. The molecule has 6 heteroatoms. The van der Waals surface area contributed by atoms with E-state index < -0.39 is 12.1 Å². The average molecular weight is 1130 g/mol. The Morgan fingerprint density at radius 2 is 0.588 bits per heavy atom. The number of ether oxygens (including phenoxy) is 1. The first kappa shape index (κ1) is 78.3. The molecule has 0 heterocycles. The smallest absolute Gasteiger partial charge is 0.305 e. The number of rotatable bonds is 69. The second kappa shape index (κ2) is 69.8. The highest BCUT2D eigenvalue weighted by atomic mass is 16.5. The molecule has 0 bridgehead atoms. The highest BCUT2D eigenvalue weighted by Crippen LogP contribution is 2.19. The summed E-state index contributed by atoms with van der Waals surface area (Å²) in [5.41, 5.74) is 0. The molecule has 0 aromatic heterocycles. The van der Waals surface area contributed by atoms with Crippen LogP contribution in [0, 0.1) is 0 Å². The van der Waals surface area contributed by atoms with Crippen LogP contribution in [-0.2, 0) is 14.3 Å². The van der Waals surface area contributed by atoms with Crippen molar-refractivity contribution >= 4 is 11.9 Å². The normalized spacial score (nSPS) is 12.6. The Bertz CT molecular complexity index is 1250. The summed E-state index contributed by atoms with van der Waals surface area (Å²) < 4.78 is 5.50. The fourth-order valence-corrected chi connectivity index (χ4v) is 11.6. The van der Waals surface area contributed by atoms with Crippen LogP contribution in [0.4, 0.5) is 0 Å². The minimum absolute atomic E-state index is 0.0120. The molecule has 0 spiro atoms. The number of nitrogens with one attached hydrogen (secondary N) is 1. The van der Waals surface area contributed by atoms with E-state index in [-0.39, 0.29) is 18.5 Å². The van der Waals surface area contributed by atoms with Gasteiger partial charge >= 0.3 is 5.97 Å². The highest BCUT2D eigenvalue weighted by Gasteiger charge is 2.20. The number of allylic oxidation sites excluding steroid dienone is 4. The third kappa shape index (κ3) is 65.5. The molecule has 474 valence electrons. The quantitative estimate of drug-likeness (QED) is 0.0320. The topological polar surface area (TPSA) is 95.9 Å². The van der Waals surface area contributed by atoms with Crippen LogP contribution < -0.4 is 5.32 Å². The summed E-state index contributed by atoms with van der Waals surface area (Å²) in [5.74, 6) is -0.0172. The van der Waals surface area contributed by atoms with Gasteiger partial charge in [0.1, 0.15) is 0 Å². The Hall–Kier alpha value is -1.66. The van der Waals surface area contributed by atoms with E-state index in [2.05, 4.69) is 43.5 Å². The first-order chi connectivity index (χ1) is 39.5. The van der Waals surface area contributed by atoms with Gasteiger partial charge in [0.2, 0.25) is 5.91 Å². The molecule has 0 aliphatic heterocycles. The molecule has 6 nitrogen and oxygen atoms in total. The van der Waals surface area contributed by atoms with Gasteiger partial charge in [0.15, 0.2) is 0 Å². The summed E-state index contributed by atoms with van der Waals surface area (Å²) in [6.45, 7) is 4.98. The third-order valence-electron chi connectivity index (χ3n) is 17.2. The summed E-state index contributed by atoms with van der Waals surface area (Å²) >= 11 is 0. The van der Waals surface area contributed by atoms with E-state index in [1.807, 2.05) is 0 Å². The monoisotopic (exact) mass is 1130 g/mol. The van der Waals surface area contributed by atoms with Gasteiger partial charge in [-0.2, -0.15) is 0 Å². The standard InChI is InChI=1S/C74H143NO5/c1-3-5-7-9-11-13-15-17-19-40-44-48-52-56-60-64-68-74(79)80-69-65-61-57-53-49-45-41-38-36-34-32-30-28-26-24-22-20-21-23-25-27-29-31-33-35-37-39-43-47-51-55-59-63-67-73(78)75-71(70-76)72(77)66-62-58-54-50-46-42-18-16-14-12-10-8-6-4-2/h19,24,26,40,71-72,76-77H,3-18,20-23,25,27-39,41-70H2,1-2H3,(H,75,78)/b26-24-,40-19-. The zero-order valence-electron chi connectivity index (χ0n) is 54.3. The molecule has 3 N–H and O–H groups in total. The summed E-state index contributed by atoms with van der Waals surface area (Å²) in [4.78, 5) is 24.6. The summed E-state index contributed by atoms with van der Waals surface area (Å²) in [6, 6.07) is -0.538. The molecular formula is C74H143NO5. The van der Waals surface area contributed by atoms with Crippen molar-refractivity contribution in [2.75, 3.05) is 13.2 Å². The molecule has 0 aromatic rings. The average Bonchev–Trinajstić information content (AvgIpc) is 3.46. The van der Waals surface area contributed by atoms with E-state index in [0.717, 1.165) is 44.9 Å². The van der Waals surface area contributed by atoms with Crippen LogP contribution in [0.3, 0.4) is 0 Å².